The maximum Gasteiger partial charge on any atom is 0.165 e. The molecule has 2 heterocycles. The second-order valence-corrected chi connectivity index (χ2v) is 4.95. The molecule has 18 heavy (non-hydrogen) atoms. The van der Waals surface area contributed by atoms with Gasteiger partial charge >= 0.3 is 0 Å². The lowest BCUT2D eigenvalue weighted by atomic mass is 10.1. The molecule has 1 atom stereocenters. The molecule has 2 aromatic rings. The van der Waals surface area contributed by atoms with Crippen molar-refractivity contribution >= 4 is 22.8 Å². The molecule has 0 aromatic carbocycles. The highest BCUT2D eigenvalue weighted by atomic mass is 35.5. The van der Waals surface area contributed by atoms with Crippen molar-refractivity contribution in [2.45, 2.75) is 52.5 Å². The van der Waals surface area contributed by atoms with E-state index in [2.05, 4.69) is 33.4 Å². The van der Waals surface area contributed by atoms with Gasteiger partial charge < -0.3 is 4.57 Å². The van der Waals surface area contributed by atoms with Crippen molar-refractivity contribution in [3.8, 4) is 0 Å². The Hall–Kier alpha value is -1.16. The van der Waals surface area contributed by atoms with E-state index in [1.807, 2.05) is 13.3 Å². The number of imidazole rings is 1. The second-order valence-electron chi connectivity index (χ2n) is 4.59. The van der Waals surface area contributed by atoms with Crippen LogP contribution >= 0.6 is 11.6 Å². The molecule has 0 saturated carbocycles. The van der Waals surface area contributed by atoms with Crippen LogP contribution in [0.25, 0.3) is 11.2 Å². The number of halogens is 1. The minimum Gasteiger partial charge on any atom is -0.312 e. The first-order chi connectivity index (χ1) is 8.67. The fraction of sp³-hybridized carbons (Fsp3) is 0.615. The van der Waals surface area contributed by atoms with Gasteiger partial charge in [-0.05, 0) is 19.8 Å². The van der Waals surface area contributed by atoms with Crippen LogP contribution in [0.5, 0.6) is 0 Å². The van der Waals surface area contributed by atoms with Gasteiger partial charge in [-0.3, -0.25) is 0 Å². The average molecular weight is 267 g/mol. The summed E-state index contributed by atoms with van der Waals surface area (Å²) < 4.78 is 2.14. The zero-order valence-corrected chi connectivity index (χ0v) is 11.9. The van der Waals surface area contributed by atoms with E-state index in [-0.39, 0.29) is 0 Å². The molecule has 0 aliphatic rings. The molecule has 5 heteroatoms. The van der Waals surface area contributed by atoms with E-state index >= 15 is 0 Å². The van der Waals surface area contributed by atoms with Crippen LogP contribution in [-0.2, 0) is 0 Å². The number of hydrogen-bond donors (Lipinski definition) is 0. The largest absolute Gasteiger partial charge is 0.312 e. The molecule has 2 rings (SSSR count). The maximum absolute atomic E-state index is 6.10. The molecular weight excluding hydrogens is 248 g/mol. The Bertz CT molecular complexity index is 535. The molecule has 4 nitrogen and oxygen atoms in total. The Kier molecular flexibility index (Phi) is 4.17. The summed E-state index contributed by atoms with van der Waals surface area (Å²) in [5, 5.41) is 0.446. The van der Waals surface area contributed by atoms with Crippen molar-refractivity contribution in [1.29, 1.82) is 0 Å². The Morgan fingerprint density at radius 1 is 1.33 bits per heavy atom. The number of unbranched alkanes of at least 4 members (excludes halogenated alkanes) is 1. The number of rotatable bonds is 5. The highest BCUT2D eigenvalue weighted by Gasteiger charge is 2.15. The molecule has 0 bridgehead atoms. The van der Waals surface area contributed by atoms with Crippen LogP contribution in [0.2, 0.25) is 5.15 Å². The number of aryl methyl sites for hydroxylation is 1. The van der Waals surface area contributed by atoms with Crippen LogP contribution < -0.4 is 0 Å². The maximum atomic E-state index is 6.10. The lowest BCUT2D eigenvalue weighted by Gasteiger charge is -2.16. The van der Waals surface area contributed by atoms with E-state index < -0.39 is 0 Å². The average Bonchev–Trinajstić information content (AvgIpc) is 2.74. The highest BCUT2D eigenvalue weighted by molar-refractivity contribution is 6.33. The van der Waals surface area contributed by atoms with Crippen LogP contribution in [-0.4, -0.2) is 19.5 Å². The predicted molar refractivity (Wildman–Crippen MR) is 73.9 cm³/mol. The predicted octanol–water partition coefficient (Wildman–Crippen LogP) is 3.93. The van der Waals surface area contributed by atoms with Crippen LogP contribution in [0.1, 0.15) is 51.4 Å². The molecule has 0 radical (unpaired) electrons. The minimum atomic E-state index is 0.445. The molecule has 0 fully saturated rings. The molecule has 0 N–H and O–H groups in total. The van der Waals surface area contributed by atoms with Crippen molar-refractivity contribution in [3.05, 3.63) is 17.3 Å². The van der Waals surface area contributed by atoms with Crippen molar-refractivity contribution in [2.75, 3.05) is 0 Å². The van der Waals surface area contributed by atoms with E-state index in [1.54, 1.807) is 0 Å². The summed E-state index contributed by atoms with van der Waals surface area (Å²) in [6.45, 7) is 6.26. The molecule has 1 unspecified atom stereocenters. The van der Waals surface area contributed by atoms with Crippen LogP contribution in [0.4, 0.5) is 0 Å². The van der Waals surface area contributed by atoms with Gasteiger partial charge in [-0.15, -0.1) is 0 Å². The molecule has 0 saturated heterocycles. The summed E-state index contributed by atoms with van der Waals surface area (Å²) in [5.41, 5.74) is 1.56. The van der Waals surface area contributed by atoms with Gasteiger partial charge in [-0.1, -0.05) is 38.3 Å². The quantitative estimate of drug-likeness (QED) is 0.770. The lowest BCUT2D eigenvalue weighted by molar-refractivity contribution is 0.444. The van der Waals surface area contributed by atoms with Crippen LogP contribution in [0, 0.1) is 6.92 Å². The Labute approximate surface area is 112 Å². The Morgan fingerprint density at radius 2 is 2.11 bits per heavy atom. The number of hydrogen-bond acceptors (Lipinski definition) is 3. The Balaban J connectivity index is 2.43. The number of fused-ring (bicyclic) bond motifs is 1. The van der Waals surface area contributed by atoms with Gasteiger partial charge in [0, 0.05) is 6.04 Å². The summed E-state index contributed by atoms with van der Waals surface area (Å²) in [4.78, 5) is 13.0. The molecule has 0 amide bonds. The number of nitrogens with zero attached hydrogens (tertiary/aromatic N) is 4. The van der Waals surface area contributed by atoms with Crippen LogP contribution in [0.3, 0.4) is 0 Å². The van der Waals surface area contributed by atoms with Gasteiger partial charge in [-0.25, -0.2) is 15.0 Å². The van der Waals surface area contributed by atoms with Gasteiger partial charge in [-0.2, -0.15) is 0 Å². The van der Waals surface area contributed by atoms with E-state index in [0.717, 1.165) is 18.5 Å². The van der Waals surface area contributed by atoms with E-state index in [4.69, 9.17) is 11.6 Å². The highest BCUT2D eigenvalue weighted by Crippen LogP contribution is 2.25. The molecule has 98 valence electrons. The van der Waals surface area contributed by atoms with E-state index in [1.165, 1.54) is 12.8 Å². The van der Waals surface area contributed by atoms with E-state index in [9.17, 15) is 0 Å². The topological polar surface area (TPSA) is 43.6 Å². The summed E-state index contributed by atoms with van der Waals surface area (Å²) in [6.07, 6.45) is 6.49. The molecule has 2 aromatic heterocycles. The second kappa shape index (κ2) is 5.65. The summed E-state index contributed by atoms with van der Waals surface area (Å²) in [7, 11) is 0. The van der Waals surface area contributed by atoms with Gasteiger partial charge in [0.25, 0.3) is 0 Å². The summed E-state index contributed by atoms with van der Waals surface area (Å²) in [5.74, 6) is 0.694. The third kappa shape index (κ3) is 2.48. The molecule has 0 spiro atoms. The SMILES string of the molecule is CCCCC(CC)n1cnc2c(Cl)nc(C)nc21. The first-order valence-corrected chi connectivity index (χ1v) is 6.91. The third-order valence-corrected chi connectivity index (χ3v) is 3.51. The fourth-order valence-corrected chi connectivity index (χ4v) is 2.49. The van der Waals surface area contributed by atoms with Crippen molar-refractivity contribution < 1.29 is 0 Å². The first kappa shape index (κ1) is 13.3. The normalized spacial score (nSPS) is 13.1. The van der Waals surface area contributed by atoms with Gasteiger partial charge in [0.1, 0.15) is 11.3 Å². The lowest BCUT2D eigenvalue weighted by Crippen LogP contribution is -2.08. The molecule has 0 aliphatic heterocycles. The molecular formula is C13H19ClN4. The van der Waals surface area contributed by atoms with Gasteiger partial charge in [0.2, 0.25) is 0 Å². The van der Waals surface area contributed by atoms with Crippen molar-refractivity contribution in [3.63, 3.8) is 0 Å². The monoisotopic (exact) mass is 266 g/mol. The van der Waals surface area contributed by atoms with Gasteiger partial charge in [0.05, 0.1) is 6.33 Å². The Morgan fingerprint density at radius 3 is 2.78 bits per heavy atom. The smallest absolute Gasteiger partial charge is 0.165 e. The van der Waals surface area contributed by atoms with Gasteiger partial charge in [0.15, 0.2) is 10.8 Å². The van der Waals surface area contributed by atoms with Crippen molar-refractivity contribution in [2.24, 2.45) is 0 Å². The summed E-state index contributed by atoms with van der Waals surface area (Å²) >= 11 is 6.10. The van der Waals surface area contributed by atoms with E-state index in [0.29, 0.717) is 22.5 Å². The standard InChI is InChI=1S/C13H19ClN4/c1-4-6-7-10(5-2)18-8-15-11-12(14)16-9(3)17-13(11)18/h8,10H,4-7H2,1-3H3. The third-order valence-electron chi connectivity index (χ3n) is 3.25. The summed E-state index contributed by atoms with van der Waals surface area (Å²) in [6, 6.07) is 0.445. The van der Waals surface area contributed by atoms with Crippen LogP contribution in [0.15, 0.2) is 6.33 Å². The first-order valence-electron chi connectivity index (χ1n) is 6.54. The minimum absolute atomic E-state index is 0.445. The zero-order valence-electron chi connectivity index (χ0n) is 11.1. The zero-order chi connectivity index (χ0) is 13.1. The number of aromatic nitrogens is 4. The molecule has 0 aliphatic carbocycles. The van der Waals surface area contributed by atoms with Crippen molar-refractivity contribution in [1.82, 2.24) is 19.5 Å². The fourth-order valence-electron chi connectivity index (χ4n) is 2.23.